The van der Waals surface area contributed by atoms with Crippen molar-refractivity contribution >= 4 is 17.3 Å². The van der Waals surface area contributed by atoms with Gasteiger partial charge in [0.05, 0.1) is 16.2 Å². The lowest BCUT2D eigenvalue weighted by Crippen LogP contribution is -2.27. The lowest BCUT2D eigenvalue weighted by atomic mass is 10.1. The maximum Gasteiger partial charge on any atom is 0.337 e. The molecule has 0 radical (unpaired) electrons. The highest BCUT2D eigenvalue weighted by atomic mass is 16.6. The topological polar surface area (TPSA) is 95.7 Å². The normalized spacial score (nSPS) is 14.3. The van der Waals surface area contributed by atoms with Gasteiger partial charge in [0.15, 0.2) is 0 Å². The minimum Gasteiger partial charge on any atom is -0.478 e. The Morgan fingerprint density at radius 1 is 1.55 bits per heavy atom. The molecule has 1 aromatic carbocycles. The summed E-state index contributed by atoms with van der Waals surface area (Å²) in [7, 11) is 2.02. The first kappa shape index (κ1) is 14.3. The van der Waals surface area contributed by atoms with Gasteiger partial charge in [-0.3, -0.25) is 10.1 Å². The summed E-state index contributed by atoms with van der Waals surface area (Å²) in [5.41, 5.74) is 0.216. The molecular formula is C13H17N3O4. The van der Waals surface area contributed by atoms with Crippen LogP contribution in [0.3, 0.4) is 0 Å². The number of nitrogens with zero attached hydrogens (tertiary/aromatic N) is 2. The molecule has 7 nitrogen and oxygen atoms in total. The van der Waals surface area contributed by atoms with Crippen molar-refractivity contribution in [2.45, 2.75) is 18.9 Å². The number of hydrogen-bond donors (Lipinski definition) is 2. The van der Waals surface area contributed by atoms with Gasteiger partial charge in [0.1, 0.15) is 0 Å². The molecule has 0 aliphatic heterocycles. The number of rotatable bonds is 7. The second-order valence-electron chi connectivity index (χ2n) is 4.93. The highest BCUT2D eigenvalue weighted by molar-refractivity contribution is 5.94. The summed E-state index contributed by atoms with van der Waals surface area (Å²) in [6.07, 6.45) is 2.40. The third kappa shape index (κ3) is 3.45. The van der Waals surface area contributed by atoms with E-state index < -0.39 is 10.9 Å². The van der Waals surface area contributed by atoms with Crippen LogP contribution in [0.1, 0.15) is 23.2 Å². The Labute approximate surface area is 116 Å². The van der Waals surface area contributed by atoms with Gasteiger partial charge in [0.2, 0.25) is 0 Å². The van der Waals surface area contributed by atoms with Crippen LogP contribution in [0, 0.1) is 10.1 Å². The van der Waals surface area contributed by atoms with Crippen LogP contribution < -0.4 is 5.32 Å². The Bertz CT molecular complexity index is 528. The van der Waals surface area contributed by atoms with Gasteiger partial charge < -0.3 is 15.3 Å². The summed E-state index contributed by atoms with van der Waals surface area (Å²) in [5.74, 6) is -1.10. The van der Waals surface area contributed by atoms with Gasteiger partial charge in [-0.2, -0.15) is 0 Å². The number of carbonyl (C=O) groups is 1. The van der Waals surface area contributed by atoms with Gasteiger partial charge in [-0.15, -0.1) is 0 Å². The van der Waals surface area contributed by atoms with E-state index in [1.165, 1.54) is 31.0 Å². The van der Waals surface area contributed by atoms with E-state index >= 15 is 0 Å². The molecule has 0 heterocycles. The third-order valence-electron chi connectivity index (χ3n) is 3.39. The number of nitro groups is 1. The first-order valence-corrected chi connectivity index (χ1v) is 6.45. The number of likely N-dealkylation sites (N-methyl/N-ethyl adjacent to an activating group) is 1. The Morgan fingerprint density at radius 2 is 2.25 bits per heavy atom. The molecule has 1 aromatic rings. The second-order valence-corrected chi connectivity index (χ2v) is 4.93. The average molecular weight is 279 g/mol. The molecule has 1 aliphatic carbocycles. The number of carboxylic acids is 1. The molecule has 1 aliphatic rings. The molecule has 0 bridgehead atoms. The fourth-order valence-electron chi connectivity index (χ4n) is 2.04. The predicted molar refractivity (Wildman–Crippen MR) is 74.2 cm³/mol. The van der Waals surface area contributed by atoms with Crippen LogP contribution >= 0.6 is 0 Å². The van der Waals surface area contributed by atoms with Crippen molar-refractivity contribution in [3.05, 3.63) is 33.9 Å². The lowest BCUT2D eigenvalue weighted by molar-refractivity contribution is -0.384. The largest absolute Gasteiger partial charge is 0.478 e. The number of hydrogen-bond acceptors (Lipinski definition) is 5. The second kappa shape index (κ2) is 5.87. The number of nitrogens with one attached hydrogen (secondary N) is 1. The van der Waals surface area contributed by atoms with Crippen LogP contribution in [0.15, 0.2) is 18.2 Å². The molecule has 0 spiro atoms. The van der Waals surface area contributed by atoms with Gasteiger partial charge in [0.25, 0.3) is 5.69 Å². The van der Waals surface area contributed by atoms with E-state index in [0.29, 0.717) is 12.6 Å². The van der Waals surface area contributed by atoms with Gasteiger partial charge in [-0.05, 0) is 26.0 Å². The van der Waals surface area contributed by atoms with Crippen LogP contribution in [0.25, 0.3) is 0 Å². The third-order valence-corrected chi connectivity index (χ3v) is 3.39. The van der Waals surface area contributed by atoms with Crippen molar-refractivity contribution in [2.75, 3.05) is 25.5 Å². The molecule has 0 atom stereocenters. The minimum atomic E-state index is -1.10. The summed E-state index contributed by atoms with van der Waals surface area (Å²) >= 11 is 0. The van der Waals surface area contributed by atoms with E-state index in [-0.39, 0.29) is 16.9 Å². The van der Waals surface area contributed by atoms with E-state index in [2.05, 4.69) is 10.2 Å². The van der Waals surface area contributed by atoms with Crippen molar-refractivity contribution in [2.24, 2.45) is 0 Å². The van der Waals surface area contributed by atoms with Crippen molar-refractivity contribution in [1.82, 2.24) is 4.90 Å². The van der Waals surface area contributed by atoms with Crippen LogP contribution in [0.4, 0.5) is 11.4 Å². The van der Waals surface area contributed by atoms with E-state index in [1.54, 1.807) is 0 Å². The van der Waals surface area contributed by atoms with Gasteiger partial charge in [0, 0.05) is 31.3 Å². The zero-order valence-electron chi connectivity index (χ0n) is 11.2. The number of non-ortho nitro benzene ring substituents is 1. The monoisotopic (exact) mass is 279 g/mol. The number of nitro benzene ring substituents is 1. The quantitative estimate of drug-likeness (QED) is 0.583. The lowest BCUT2D eigenvalue weighted by Gasteiger charge is -2.17. The van der Waals surface area contributed by atoms with Gasteiger partial charge in [-0.1, -0.05) is 0 Å². The average Bonchev–Trinajstić information content (AvgIpc) is 3.22. The molecular weight excluding hydrogens is 262 g/mol. The first-order chi connectivity index (χ1) is 9.49. The van der Waals surface area contributed by atoms with E-state index in [1.807, 2.05) is 7.05 Å². The van der Waals surface area contributed by atoms with Crippen molar-refractivity contribution in [1.29, 1.82) is 0 Å². The van der Waals surface area contributed by atoms with Gasteiger partial charge >= 0.3 is 5.97 Å². The molecule has 0 saturated heterocycles. The Hall–Kier alpha value is -2.15. The van der Waals surface area contributed by atoms with Crippen molar-refractivity contribution in [3.63, 3.8) is 0 Å². The molecule has 7 heteroatoms. The molecule has 0 unspecified atom stereocenters. The van der Waals surface area contributed by atoms with Crippen molar-refractivity contribution < 1.29 is 14.8 Å². The van der Waals surface area contributed by atoms with E-state index in [9.17, 15) is 14.9 Å². The van der Waals surface area contributed by atoms with Crippen LogP contribution in [0.2, 0.25) is 0 Å². The first-order valence-electron chi connectivity index (χ1n) is 6.45. The van der Waals surface area contributed by atoms with Crippen LogP contribution in [0.5, 0.6) is 0 Å². The Balaban J connectivity index is 2.04. The standard InChI is InChI=1S/C13H17N3O4/c1-15(9-2-3-9)7-6-14-12-8-10(16(19)20)4-5-11(12)13(17)18/h4-5,8-9,14H,2-3,6-7H2,1H3,(H,17,18). The molecule has 20 heavy (non-hydrogen) atoms. The van der Waals surface area contributed by atoms with Crippen LogP contribution in [-0.2, 0) is 0 Å². The number of aromatic carboxylic acids is 1. The highest BCUT2D eigenvalue weighted by Gasteiger charge is 2.25. The SMILES string of the molecule is CN(CCNc1cc([N+](=O)[O-])ccc1C(=O)O)C1CC1. The molecule has 1 saturated carbocycles. The zero-order chi connectivity index (χ0) is 14.7. The number of anilines is 1. The molecule has 2 N–H and O–H groups in total. The molecule has 1 fully saturated rings. The van der Waals surface area contributed by atoms with E-state index in [0.717, 1.165) is 6.54 Å². The summed E-state index contributed by atoms with van der Waals surface area (Å²) in [6.45, 7) is 1.32. The summed E-state index contributed by atoms with van der Waals surface area (Å²) in [5, 5.41) is 22.8. The summed E-state index contributed by atoms with van der Waals surface area (Å²) < 4.78 is 0. The fraction of sp³-hybridized carbons (Fsp3) is 0.462. The molecule has 0 amide bonds. The summed E-state index contributed by atoms with van der Waals surface area (Å²) in [4.78, 5) is 23.5. The molecule has 0 aromatic heterocycles. The predicted octanol–water partition coefficient (Wildman–Crippen LogP) is 1.80. The Kier molecular flexibility index (Phi) is 4.19. The van der Waals surface area contributed by atoms with Crippen LogP contribution in [-0.4, -0.2) is 47.1 Å². The van der Waals surface area contributed by atoms with Gasteiger partial charge in [-0.25, -0.2) is 4.79 Å². The van der Waals surface area contributed by atoms with Crippen molar-refractivity contribution in [3.8, 4) is 0 Å². The maximum atomic E-state index is 11.1. The Morgan fingerprint density at radius 3 is 2.80 bits per heavy atom. The minimum absolute atomic E-state index is 0.0460. The number of benzene rings is 1. The summed E-state index contributed by atoms with van der Waals surface area (Å²) in [6, 6.07) is 4.35. The smallest absolute Gasteiger partial charge is 0.337 e. The highest BCUT2D eigenvalue weighted by Crippen LogP contribution is 2.25. The zero-order valence-corrected chi connectivity index (χ0v) is 11.2. The van der Waals surface area contributed by atoms with E-state index in [4.69, 9.17) is 5.11 Å². The fourth-order valence-corrected chi connectivity index (χ4v) is 2.04. The maximum absolute atomic E-state index is 11.1. The molecule has 2 rings (SSSR count). The number of carboxylic acid groups (broad SMARTS) is 1. The molecule has 108 valence electrons.